The number of hydrogen-bond acceptors (Lipinski definition) is 4. The first-order valence-corrected chi connectivity index (χ1v) is 7.86. The van der Waals surface area contributed by atoms with Crippen LogP contribution >= 0.6 is 11.8 Å². The second-order valence-corrected chi connectivity index (χ2v) is 6.21. The summed E-state index contributed by atoms with van der Waals surface area (Å²) in [4.78, 5) is 18.5. The molecule has 1 atom stereocenters. The fourth-order valence-electron chi connectivity index (χ4n) is 2.38. The number of anilines is 1. The average Bonchev–Trinajstić information content (AvgIpc) is 3.06. The minimum Gasteiger partial charge on any atom is -0.309 e. The third-order valence-electron chi connectivity index (χ3n) is 3.61. The number of nitrogens with zero attached hydrogens (tertiary/aromatic N) is 4. The van der Waals surface area contributed by atoms with Gasteiger partial charge in [0.25, 0.3) is 5.91 Å². The molecule has 0 fully saturated rings. The van der Waals surface area contributed by atoms with Crippen molar-refractivity contribution >= 4 is 23.4 Å². The van der Waals surface area contributed by atoms with Crippen LogP contribution in [0.4, 0.5) is 18.9 Å². The summed E-state index contributed by atoms with van der Waals surface area (Å²) in [6.45, 7) is 2.00. The van der Waals surface area contributed by atoms with Gasteiger partial charge in [0.15, 0.2) is 0 Å². The molecule has 0 unspecified atom stereocenters. The van der Waals surface area contributed by atoms with E-state index in [9.17, 15) is 18.0 Å². The molecule has 23 heavy (non-hydrogen) atoms. The Labute approximate surface area is 134 Å². The number of carbonyl (C=O) groups is 1. The molecule has 1 aliphatic rings. The first-order chi connectivity index (χ1) is 10.9. The Hall–Kier alpha value is -2.03. The molecule has 0 radical (unpaired) electrons. The smallest absolute Gasteiger partial charge is 0.309 e. The van der Waals surface area contributed by atoms with Crippen molar-refractivity contribution in [3.05, 3.63) is 36.4 Å². The number of aromatic nitrogens is 3. The number of hydrogen-bond donors (Lipinski definition) is 0. The lowest BCUT2D eigenvalue weighted by Gasteiger charge is -2.31. The maximum absolute atomic E-state index is 12.9. The van der Waals surface area contributed by atoms with Gasteiger partial charge in [-0.2, -0.15) is 18.3 Å². The maximum Gasteiger partial charge on any atom is 0.416 e. The van der Waals surface area contributed by atoms with Crippen molar-refractivity contribution < 1.29 is 18.0 Å². The van der Waals surface area contributed by atoms with Gasteiger partial charge in [-0.1, -0.05) is 0 Å². The number of rotatable bonds is 2. The van der Waals surface area contributed by atoms with Gasteiger partial charge in [-0.3, -0.25) is 4.79 Å². The molecule has 2 aromatic rings. The zero-order valence-electron chi connectivity index (χ0n) is 12.1. The first-order valence-electron chi connectivity index (χ1n) is 6.87. The number of amides is 1. The van der Waals surface area contributed by atoms with E-state index in [-0.39, 0.29) is 5.91 Å². The molecule has 1 aromatic heterocycles. The fraction of sp³-hybridized carbons (Fsp3) is 0.357. The zero-order chi connectivity index (χ0) is 16.6. The lowest BCUT2D eigenvalue weighted by atomic mass is 10.1. The second kappa shape index (κ2) is 5.88. The molecule has 1 aromatic carbocycles. The highest BCUT2D eigenvalue weighted by Crippen LogP contribution is 2.40. The van der Waals surface area contributed by atoms with Crippen molar-refractivity contribution in [3.63, 3.8) is 0 Å². The minimum atomic E-state index is -4.44. The lowest BCUT2D eigenvalue weighted by molar-refractivity contribution is -0.137. The summed E-state index contributed by atoms with van der Waals surface area (Å²) in [6.07, 6.45) is -1.72. The van der Waals surface area contributed by atoms with E-state index in [2.05, 4.69) is 10.1 Å². The van der Waals surface area contributed by atoms with E-state index in [1.165, 1.54) is 40.1 Å². The van der Waals surface area contributed by atoms with Gasteiger partial charge in [0, 0.05) is 17.2 Å². The summed E-state index contributed by atoms with van der Waals surface area (Å²) in [6, 6.07) is 2.86. The Morgan fingerprint density at radius 1 is 1.39 bits per heavy atom. The summed E-state index contributed by atoms with van der Waals surface area (Å²) in [7, 11) is 0. The van der Waals surface area contributed by atoms with Crippen LogP contribution in [0.15, 0.2) is 35.7 Å². The predicted octanol–water partition coefficient (Wildman–Crippen LogP) is 3.00. The molecular weight excluding hydrogens is 329 g/mol. The fourth-order valence-corrected chi connectivity index (χ4v) is 3.35. The molecule has 0 bridgehead atoms. The van der Waals surface area contributed by atoms with Gasteiger partial charge < -0.3 is 4.90 Å². The van der Waals surface area contributed by atoms with Crippen LogP contribution in [0.25, 0.3) is 0 Å². The molecule has 1 amide bonds. The van der Waals surface area contributed by atoms with Crippen molar-refractivity contribution in [3.8, 4) is 0 Å². The SMILES string of the molecule is C[C@H](C(=O)N1CCSc2ccc(C(F)(F)F)cc21)n1cncn1. The van der Waals surface area contributed by atoms with E-state index in [4.69, 9.17) is 0 Å². The number of halogens is 3. The molecule has 2 heterocycles. The van der Waals surface area contributed by atoms with E-state index < -0.39 is 17.8 Å². The van der Waals surface area contributed by atoms with Crippen molar-refractivity contribution in [2.75, 3.05) is 17.2 Å². The number of carbonyl (C=O) groups excluding carboxylic acids is 1. The number of thioether (sulfide) groups is 1. The van der Waals surface area contributed by atoms with E-state index in [0.29, 0.717) is 22.9 Å². The molecule has 0 spiro atoms. The summed E-state index contributed by atoms with van der Waals surface area (Å²) in [5.74, 6) is 0.324. The topological polar surface area (TPSA) is 51.0 Å². The van der Waals surface area contributed by atoms with E-state index in [1.54, 1.807) is 6.92 Å². The largest absolute Gasteiger partial charge is 0.416 e. The van der Waals surface area contributed by atoms with Crippen LogP contribution in [0, 0.1) is 0 Å². The second-order valence-electron chi connectivity index (χ2n) is 5.07. The van der Waals surface area contributed by atoms with Crippen molar-refractivity contribution in [1.82, 2.24) is 14.8 Å². The van der Waals surface area contributed by atoms with Gasteiger partial charge in [-0.15, -0.1) is 11.8 Å². The summed E-state index contributed by atoms with van der Waals surface area (Å²) >= 11 is 1.44. The highest BCUT2D eigenvalue weighted by atomic mass is 32.2. The average molecular weight is 342 g/mol. The Morgan fingerprint density at radius 3 is 2.83 bits per heavy atom. The highest BCUT2D eigenvalue weighted by Gasteiger charge is 2.34. The Bertz CT molecular complexity index is 717. The normalized spacial score (nSPS) is 16.1. The van der Waals surface area contributed by atoms with E-state index in [0.717, 1.165) is 12.1 Å². The van der Waals surface area contributed by atoms with E-state index in [1.807, 2.05) is 0 Å². The van der Waals surface area contributed by atoms with Crippen LogP contribution in [0.2, 0.25) is 0 Å². The monoisotopic (exact) mass is 342 g/mol. The minimum absolute atomic E-state index is 0.299. The Kier molecular flexibility index (Phi) is 4.05. The molecule has 0 saturated heterocycles. The predicted molar refractivity (Wildman–Crippen MR) is 79.3 cm³/mol. The van der Waals surface area contributed by atoms with Gasteiger partial charge in [0.2, 0.25) is 0 Å². The highest BCUT2D eigenvalue weighted by molar-refractivity contribution is 7.99. The quantitative estimate of drug-likeness (QED) is 0.842. The molecule has 9 heteroatoms. The van der Waals surface area contributed by atoms with Crippen LogP contribution in [0.3, 0.4) is 0 Å². The summed E-state index contributed by atoms with van der Waals surface area (Å²) < 4.78 is 40.2. The molecular formula is C14H13F3N4OS. The molecule has 0 aliphatic carbocycles. The number of alkyl halides is 3. The van der Waals surface area contributed by atoms with Crippen LogP contribution < -0.4 is 4.90 Å². The molecule has 5 nitrogen and oxygen atoms in total. The molecule has 1 aliphatic heterocycles. The van der Waals surface area contributed by atoms with Gasteiger partial charge >= 0.3 is 6.18 Å². The molecule has 0 saturated carbocycles. The van der Waals surface area contributed by atoms with Gasteiger partial charge in [0.05, 0.1) is 11.3 Å². The summed E-state index contributed by atoms with van der Waals surface area (Å²) in [5.41, 5.74) is -0.460. The van der Waals surface area contributed by atoms with Gasteiger partial charge in [0.1, 0.15) is 18.7 Å². The Morgan fingerprint density at radius 2 is 2.17 bits per heavy atom. The third kappa shape index (κ3) is 3.05. The Balaban J connectivity index is 1.95. The van der Waals surface area contributed by atoms with Crippen LogP contribution in [0.1, 0.15) is 18.5 Å². The standard InChI is InChI=1S/C14H13F3N4OS/c1-9(21-8-18-7-19-21)13(22)20-4-5-23-12-3-2-10(6-11(12)20)14(15,16)17/h2-3,6-9H,4-5H2,1H3/t9-/m1/s1. The molecule has 3 rings (SSSR count). The third-order valence-corrected chi connectivity index (χ3v) is 4.65. The number of fused-ring (bicyclic) bond motifs is 1. The van der Waals surface area contributed by atoms with E-state index >= 15 is 0 Å². The van der Waals surface area contributed by atoms with Gasteiger partial charge in [-0.25, -0.2) is 9.67 Å². The van der Waals surface area contributed by atoms with Crippen molar-refractivity contribution in [2.45, 2.75) is 24.0 Å². The number of benzene rings is 1. The lowest BCUT2D eigenvalue weighted by Crippen LogP contribution is -2.40. The zero-order valence-corrected chi connectivity index (χ0v) is 12.9. The maximum atomic E-state index is 12.9. The first kappa shape index (κ1) is 15.9. The van der Waals surface area contributed by atoms with Crippen LogP contribution in [-0.2, 0) is 11.0 Å². The van der Waals surface area contributed by atoms with Crippen LogP contribution in [0.5, 0.6) is 0 Å². The van der Waals surface area contributed by atoms with Crippen molar-refractivity contribution in [2.24, 2.45) is 0 Å². The molecule has 122 valence electrons. The summed E-state index contributed by atoms with van der Waals surface area (Å²) in [5, 5.41) is 3.92. The van der Waals surface area contributed by atoms with Crippen molar-refractivity contribution in [1.29, 1.82) is 0 Å². The van der Waals surface area contributed by atoms with Crippen LogP contribution in [-0.4, -0.2) is 33.0 Å². The van der Waals surface area contributed by atoms with Gasteiger partial charge in [-0.05, 0) is 25.1 Å². The molecule has 0 N–H and O–H groups in total.